The van der Waals surface area contributed by atoms with Crippen LogP contribution in [0.4, 0.5) is 0 Å². The SMILES string of the molecule is O=C1c2ccccc2CCCC1CCOc1ccccc1. The van der Waals surface area contributed by atoms with Crippen molar-refractivity contribution in [3.05, 3.63) is 65.7 Å². The summed E-state index contributed by atoms with van der Waals surface area (Å²) < 4.78 is 5.73. The maximum Gasteiger partial charge on any atom is 0.166 e. The Balaban J connectivity index is 1.62. The molecule has 1 unspecified atom stereocenters. The predicted octanol–water partition coefficient (Wildman–Crippen LogP) is 4.29. The first kappa shape index (κ1) is 13.9. The molecule has 1 aliphatic rings. The molecule has 2 heteroatoms. The van der Waals surface area contributed by atoms with Crippen LogP contribution in [0.25, 0.3) is 0 Å². The highest BCUT2D eigenvalue weighted by atomic mass is 16.5. The molecule has 0 aliphatic heterocycles. The van der Waals surface area contributed by atoms with Crippen LogP contribution in [0.15, 0.2) is 54.6 Å². The summed E-state index contributed by atoms with van der Waals surface area (Å²) in [6, 6.07) is 17.8. The molecule has 21 heavy (non-hydrogen) atoms. The fourth-order valence-electron chi connectivity index (χ4n) is 2.98. The normalized spacial score (nSPS) is 17.9. The molecule has 2 nitrogen and oxygen atoms in total. The third-order valence-electron chi connectivity index (χ3n) is 4.13. The number of aryl methyl sites for hydroxylation is 1. The Hall–Kier alpha value is -2.09. The number of carbonyl (C=O) groups is 1. The lowest BCUT2D eigenvalue weighted by Gasteiger charge is -2.14. The van der Waals surface area contributed by atoms with E-state index < -0.39 is 0 Å². The fourth-order valence-corrected chi connectivity index (χ4v) is 2.98. The van der Waals surface area contributed by atoms with Gasteiger partial charge in [0.2, 0.25) is 0 Å². The number of ether oxygens (including phenoxy) is 1. The summed E-state index contributed by atoms with van der Waals surface area (Å²) in [5.74, 6) is 1.26. The van der Waals surface area contributed by atoms with Crippen LogP contribution in [0.2, 0.25) is 0 Å². The minimum absolute atomic E-state index is 0.0948. The Bertz CT molecular complexity index is 604. The van der Waals surface area contributed by atoms with E-state index in [2.05, 4.69) is 6.07 Å². The number of hydrogen-bond acceptors (Lipinski definition) is 2. The van der Waals surface area contributed by atoms with Crippen LogP contribution in [0.1, 0.15) is 35.2 Å². The van der Waals surface area contributed by atoms with E-state index in [0.29, 0.717) is 12.4 Å². The van der Waals surface area contributed by atoms with Crippen molar-refractivity contribution in [3.63, 3.8) is 0 Å². The van der Waals surface area contributed by atoms with Crippen LogP contribution in [-0.2, 0) is 6.42 Å². The number of hydrogen-bond donors (Lipinski definition) is 0. The second kappa shape index (κ2) is 6.57. The van der Waals surface area contributed by atoms with Crippen molar-refractivity contribution >= 4 is 5.78 Å². The summed E-state index contributed by atoms with van der Waals surface area (Å²) in [5.41, 5.74) is 2.12. The van der Waals surface area contributed by atoms with E-state index in [9.17, 15) is 4.79 Å². The summed E-state index contributed by atoms with van der Waals surface area (Å²) >= 11 is 0. The van der Waals surface area contributed by atoms with Crippen molar-refractivity contribution in [2.75, 3.05) is 6.61 Å². The molecule has 2 aromatic rings. The second-order valence-corrected chi connectivity index (χ2v) is 5.56. The van der Waals surface area contributed by atoms with Gasteiger partial charge in [-0.05, 0) is 43.4 Å². The number of Topliss-reactive ketones (excluding diaryl/α,β-unsaturated/α-hetero) is 1. The van der Waals surface area contributed by atoms with Gasteiger partial charge >= 0.3 is 0 Å². The van der Waals surface area contributed by atoms with Crippen LogP contribution in [0.5, 0.6) is 5.75 Å². The van der Waals surface area contributed by atoms with Crippen molar-refractivity contribution in [1.29, 1.82) is 0 Å². The highest BCUT2D eigenvalue weighted by Crippen LogP contribution is 2.26. The molecule has 0 amide bonds. The molecule has 0 saturated heterocycles. The lowest BCUT2D eigenvalue weighted by atomic mass is 9.93. The van der Waals surface area contributed by atoms with Gasteiger partial charge in [-0.25, -0.2) is 0 Å². The zero-order valence-electron chi connectivity index (χ0n) is 12.1. The second-order valence-electron chi connectivity index (χ2n) is 5.56. The molecule has 108 valence electrons. The van der Waals surface area contributed by atoms with Crippen LogP contribution in [-0.4, -0.2) is 12.4 Å². The standard InChI is InChI=1S/C19H20O2/c20-19-16(13-14-21-17-10-2-1-3-11-17)9-6-8-15-7-4-5-12-18(15)19/h1-5,7,10-12,16H,6,8-9,13-14H2. The Morgan fingerprint density at radius 1 is 1.00 bits per heavy atom. The highest BCUT2D eigenvalue weighted by Gasteiger charge is 2.24. The van der Waals surface area contributed by atoms with Crippen LogP contribution < -0.4 is 4.74 Å². The van der Waals surface area contributed by atoms with Crippen LogP contribution in [0.3, 0.4) is 0 Å². The Morgan fingerprint density at radius 2 is 1.76 bits per heavy atom. The molecule has 0 radical (unpaired) electrons. The van der Waals surface area contributed by atoms with Gasteiger partial charge < -0.3 is 4.74 Å². The van der Waals surface area contributed by atoms with Gasteiger partial charge in [0.15, 0.2) is 5.78 Å². The van der Waals surface area contributed by atoms with E-state index in [1.165, 1.54) is 5.56 Å². The first-order valence-electron chi connectivity index (χ1n) is 7.64. The molecule has 0 saturated carbocycles. The molecule has 1 aliphatic carbocycles. The maximum atomic E-state index is 12.6. The zero-order chi connectivity index (χ0) is 14.5. The van der Waals surface area contributed by atoms with Crippen molar-refractivity contribution in [2.24, 2.45) is 5.92 Å². The first-order chi connectivity index (χ1) is 10.3. The van der Waals surface area contributed by atoms with Gasteiger partial charge in [-0.15, -0.1) is 0 Å². The third-order valence-corrected chi connectivity index (χ3v) is 4.13. The molecule has 3 rings (SSSR count). The summed E-state index contributed by atoms with van der Waals surface area (Å²) in [6.07, 6.45) is 3.85. The summed E-state index contributed by atoms with van der Waals surface area (Å²) in [6.45, 7) is 0.600. The topological polar surface area (TPSA) is 26.3 Å². The molecule has 0 heterocycles. The van der Waals surface area contributed by atoms with Crippen LogP contribution in [0, 0.1) is 5.92 Å². The van der Waals surface area contributed by atoms with Gasteiger partial charge in [0.05, 0.1) is 6.61 Å². The number of carbonyl (C=O) groups excluding carboxylic acids is 1. The summed E-state index contributed by atoms with van der Waals surface area (Å²) in [5, 5.41) is 0. The highest BCUT2D eigenvalue weighted by molar-refractivity contribution is 5.99. The molecule has 0 fully saturated rings. The molecular weight excluding hydrogens is 260 g/mol. The van der Waals surface area contributed by atoms with Gasteiger partial charge in [0.25, 0.3) is 0 Å². The van der Waals surface area contributed by atoms with Crippen molar-refractivity contribution in [2.45, 2.75) is 25.7 Å². The molecule has 0 N–H and O–H groups in total. The average molecular weight is 280 g/mol. The molecule has 0 bridgehead atoms. The maximum absolute atomic E-state index is 12.6. The van der Waals surface area contributed by atoms with Gasteiger partial charge in [0, 0.05) is 11.5 Å². The quantitative estimate of drug-likeness (QED) is 0.781. The fraction of sp³-hybridized carbons (Fsp3) is 0.316. The molecule has 2 aromatic carbocycles. The minimum atomic E-state index is 0.0948. The zero-order valence-corrected chi connectivity index (χ0v) is 12.1. The van der Waals surface area contributed by atoms with E-state index in [0.717, 1.165) is 37.0 Å². The number of benzene rings is 2. The van der Waals surface area contributed by atoms with Gasteiger partial charge in [-0.3, -0.25) is 4.79 Å². The van der Waals surface area contributed by atoms with E-state index in [1.807, 2.05) is 48.5 Å². The predicted molar refractivity (Wildman–Crippen MR) is 83.8 cm³/mol. The molecule has 0 spiro atoms. The minimum Gasteiger partial charge on any atom is -0.494 e. The number of fused-ring (bicyclic) bond motifs is 1. The average Bonchev–Trinajstić information content (AvgIpc) is 2.69. The van der Waals surface area contributed by atoms with E-state index >= 15 is 0 Å². The smallest absolute Gasteiger partial charge is 0.166 e. The summed E-state index contributed by atoms with van der Waals surface area (Å²) in [4.78, 5) is 12.6. The summed E-state index contributed by atoms with van der Waals surface area (Å²) in [7, 11) is 0. The Labute approximate surface area is 125 Å². The number of rotatable bonds is 4. The lowest BCUT2D eigenvalue weighted by Crippen LogP contribution is -2.17. The number of ketones is 1. The van der Waals surface area contributed by atoms with Crippen LogP contribution >= 0.6 is 0 Å². The van der Waals surface area contributed by atoms with Crippen molar-refractivity contribution in [1.82, 2.24) is 0 Å². The lowest BCUT2D eigenvalue weighted by molar-refractivity contribution is 0.0895. The molecule has 0 aromatic heterocycles. The van der Waals surface area contributed by atoms with Crippen molar-refractivity contribution in [3.8, 4) is 5.75 Å². The van der Waals surface area contributed by atoms with Gasteiger partial charge in [0.1, 0.15) is 5.75 Å². The Morgan fingerprint density at radius 3 is 2.62 bits per heavy atom. The monoisotopic (exact) mass is 280 g/mol. The third kappa shape index (κ3) is 3.33. The first-order valence-corrected chi connectivity index (χ1v) is 7.64. The van der Waals surface area contributed by atoms with E-state index in [-0.39, 0.29) is 5.92 Å². The molecule has 1 atom stereocenters. The van der Waals surface area contributed by atoms with E-state index in [4.69, 9.17) is 4.74 Å². The number of para-hydroxylation sites is 1. The van der Waals surface area contributed by atoms with Gasteiger partial charge in [-0.2, -0.15) is 0 Å². The van der Waals surface area contributed by atoms with Crippen molar-refractivity contribution < 1.29 is 9.53 Å². The molecular formula is C19H20O2. The largest absolute Gasteiger partial charge is 0.494 e. The van der Waals surface area contributed by atoms with E-state index in [1.54, 1.807) is 0 Å². The van der Waals surface area contributed by atoms with Gasteiger partial charge in [-0.1, -0.05) is 42.5 Å². The Kier molecular flexibility index (Phi) is 4.34.